The lowest BCUT2D eigenvalue weighted by atomic mass is 9.75. The van der Waals surface area contributed by atoms with Crippen LogP contribution in [-0.2, 0) is 6.61 Å². The SMILES string of the molecule is CC1(C)CCC[C@@H]1c1cc(CO)ccc1-c1cc(NC(F)(F)F)ccc1F. The first-order valence-corrected chi connectivity index (χ1v) is 8.99. The van der Waals surface area contributed by atoms with E-state index in [-0.39, 0.29) is 29.2 Å². The number of hydrogen-bond acceptors (Lipinski definition) is 2. The van der Waals surface area contributed by atoms with Gasteiger partial charge in [0.1, 0.15) is 5.82 Å². The van der Waals surface area contributed by atoms with Crippen molar-refractivity contribution in [2.24, 2.45) is 5.41 Å². The topological polar surface area (TPSA) is 32.3 Å². The van der Waals surface area contributed by atoms with E-state index >= 15 is 0 Å². The molecule has 6 heteroatoms. The van der Waals surface area contributed by atoms with Crippen LogP contribution in [0.25, 0.3) is 11.1 Å². The Kier molecular flexibility index (Phi) is 5.21. The second-order valence-electron chi connectivity index (χ2n) is 7.83. The van der Waals surface area contributed by atoms with Gasteiger partial charge in [-0.1, -0.05) is 38.5 Å². The maximum atomic E-state index is 14.6. The zero-order chi connectivity index (χ0) is 19.8. The van der Waals surface area contributed by atoms with Gasteiger partial charge in [0.2, 0.25) is 0 Å². The van der Waals surface area contributed by atoms with Gasteiger partial charge in [-0.05, 0) is 59.1 Å². The molecule has 1 saturated carbocycles. The van der Waals surface area contributed by atoms with Crippen molar-refractivity contribution in [3.63, 3.8) is 0 Å². The van der Waals surface area contributed by atoms with Crippen LogP contribution in [0.15, 0.2) is 36.4 Å². The second-order valence-corrected chi connectivity index (χ2v) is 7.83. The number of hydrogen-bond donors (Lipinski definition) is 2. The molecule has 0 aromatic heterocycles. The molecule has 0 amide bonds. The van der Waals surface area contributed by atoms with Crippen molar-refractivity contribution in [3.8, 4) is 11.1 Å². The van der Waals surface area contributed by atoms with Crippen LogP contribution < -0.4 is 5.32 Å². The predicted molar refractivity (Wildman–Crippen MR) is 97.8 cm³/mol. The number of anilines is 1. The third-order valence-electron chi connectivity index (χ3n) is 5.47. The largest absolute Gasteiger partial charge is 0.482 e. The van der Waals surface area contributed by atoms with Crippen LogP contribution in [0.5, 0.6) is 0 Å². The molecule has 146 valence electrons. The molecule has 0 unspecified atom stereocenters. The Bertz CT molecular complexity index is 829. The van der Waals surface area contributed by atoms with Crippen LogP contribution in [0.1, 0.15) is 50.2 Å². The fourth-order valence-electron chi connectivity index (χ4n) is 4.12. The minimum Gasteiger partial charge on any atom is -0.392 e. The Morgan fingerprint density at radius 2 is 1.85 bits per heavy atom. The molecule has 2 aromatic carbocycles. The summed E-state index contributed by atoms with van der Waals surface area (Å²) in [5.41, 5.74) is 2.10. The highest BCUT2D eigenvalue weighted by atomic mass is 19.4. The van der Waals surface area contributed by atoms with Gasteiger partial charge in [-0.15, -0.1) is 0 Å². The van der Waals surface area contributed by atoms with E-state index in [1.807, 2.05) is 6.07 Å². The fraction of sp³-hybridized carbons (Fsp3) is 0.429. The quantitative estimate of drug-likeness (QED) is 0.487. The van der Waals surface area contributed by atoms with E-state index in [9.17, 15) is 22.7 Å². The van der Waals surface area contributed by atoms with Gasteiger partial charge >= 0.3 is 6.30 Å². The number of aliphatic hydroxyl groups is 1. The molecule has 0 bridgehead atoms. The van der Waals surface area contributed by atoms with Crippen LogP contribution in [0, 0.1) is 11.2 Å². The van der Waals surface area contributed by atoms with Gasteiger partial charge in [0, 0.05) is 11.3 Å². The van der Waals surface area contributed by atoms with Crippen LogP contribution in [0.2, 0.25) is 0 Å². The van der Waals surface area contributed by atoms with Crippen molar-refractivity contribution in [1.82, 2.24) is 0 Å². The zero-order valence-corrected chi connectivity index (χ0v) is 15.3. The lowest BCUT2D eigenvalue weighted by molar-refractivity contribution is -0.0999. The first kappa shape index (κ1) is 19.7. The Balaban J connectivity index is 2.13. The summed E-state index contributed by atoms with van der Waals surface area (Å²) in [6, 6.07) is 8.56. The molecular formula is C21H23F4NO. The van der Waals surface area contributed by atoms with Crippen molar-refractivity contribution >= 4 is 5.69 Å². The highest BCUT2D eigenvalue weighted by Gasteiger charge is 2.37. The van der Waals surface area contributed by atoms with Crippen LogP contribution >= 0.6 is 0 Å². The normalized spacial score (nSPS) is 19.3. The standard InChI is InChI=1S/C21H23F4NO/c1-20(2)9-3-4-18(20)16-10-13(12-27)5-7-15(16)17-11-14(6-8-19(17)22)26-21(23,24)25/h5-8,10-11,18,26-27H,3-4,9,12H2,1-2H3/t18-/m1/s1. The highest BCUT2D eigenvalue weighted by Crippen LogP contribution is 2.51. The monoisotopic (exact) mass is 381 g/mol. The lowest BCUT2D eigenvalue weighted by Gasteiger charge is -2.30. The molecule has 0 radical (unpaired) electrons. The molecule has 3 rings (SSSR count). The van der Waals surface area contributed by atoms with Crippen molar-refractivity contribution in [1.29, 1.82) is 0 Å². The summed E-state index contributed by atoms with van der Waals surface area (Å²) in [7, 11) is 0. The summed E-state index contributed by atoms with van der Waals surface area (Å²) in [4.78, 5) is 0. The van der Waals surface area contributed by atoms with Gasteiger partial charge in [-0.3, -0.25) is 5.32 Å². The van der Waals surface area contributed by atoms with E-state index in [4.69, 9.17) is 0 Å². The molecule has 27 heavy (non-hydrogen) atoms. The molecule has 2 nitrogen and oxygen atoms in total. The molecule has 1 aliphatic carbocycles. The molecule has 0 spiro atoms. The van der Waals surface area contributed by atoms with E-state index in [0.717, 1.165) is 37.0 Å². The average molecular weight is 381 g/mol. The number of rotatable bonds is 4. The third-order valence-corrected chi connectivity index (χ3v) is 5.47. The van der Waals surface area contributed by atoms with E-state index < -0.39 is 12.1 Å². The zero-order valence-electron chi connectivity index (χ0n) is 15.3. The summed E-state index contributed by atoms with van der Waals surface area (Å²) >= 11 is 0. The molecule has 0 saturated heterocycles. The molecular weight excluding hydrogens is 358 g/mol. The van der Waals surface area contributed by atoms with Gasteiger partial charge < -0.3 is 5.11 Å². The van der Waals surface area contributed by atoms with Crippen LogP contribution in [0.4, 0.5) is 23.2 Å². The van der Waals surface area contributed by atoms with Gasteiger partial charge in [-0.25, -0.2) is 4.39 Å². The Hall–Kier alpha value is -2.08. The van der Waals surface area contributed by atoms with Gasteiger partial charge in [-0.2, -0.15) is 13.2 Å². The molecule has 1 fully saturated rings. The van der Waals surface area contributed by atoms with Gasteiger partial charge in [0.05, 0.1) is 6.61 Å². The number of nitrogens with one attached hydrogen (secondary N) is 1. The van der Waals surface area contributed by atoms with Crippen molar-refractivity contribution < 1.29 is 22.7 Å². The number of aliphatic hydroxyl groups excluding tert-OH is 1. The fourth-order valence-corrected chi connectivity index (χ4v) is 4.12. The minimum absolute atomic E-state index is 0.00113. The number of alkyl halides is 3. The van der Waals surface area contributed by atoms with Crippen molar-refractivity contribution in [3.05, 3.63) is 53.3 Å². The third kappa shape index (κ3) is 4.26. The Morgan fingerprint density at radius 1 is 1.11 bits per heavy atom. The van der Waals surface area contributed by atoms with Crippen LogP contribution in [-0.4, -0.2) is 11.4 Å². The molecule has 2 aromatic rings. The summed E-state index contributed by atoms with van der Waals surface area (Å²) in [6.07, 6.45) is -1.60. The molecule has 1 aliphatic rings. The summed E-state index contributed by atoms with van der Waals surface area (Å²) in [5, 5.41) is 11.0. The molecule has 2 N–H and O–H groups in total. The summed E-state index contributed by atoms with van der Waals surface area (Å²) in [5.74, 6) is -0.422. The first-order chi connectivity index (χ1) is 12.6. The smallest absolute Gasteiger partial charge is 0.392 e. The second kappa shape index (κ2) is 7.15. The maximum Gasteiger partial charge on any atom is 0.482 e. The highest BCUT2D eigenvalue weighted by molar-refractivity contribution is 5.73. The lowest BCUT2D eigenvalue weighted by Crippen LogP contribution is -2.20. The Labute approximate surface area is 156 Å². The number of benzene rings is 2. The summed E-state index contributed by atoms with van der Waals surface area (Å²) in [6.45, 7) is 4.16. The first-order valence-electron chi connectivity index (χ1n) is 8.99. The molecule has 1 atom stereocenters. The average Bonchev–Trinajstić information content (AvgIpc) is 2.94. The minimum atomic E-state index is -4.59. The van der Waals surface area contributed by atoms with Crippen molar-refractivity contribution in [2.45, 2.75) is 51.9 Å². The Morgan fingerprint density at radius 3 is 2.44 bits per heavy atom. The van der Waals surface area contributed by atoms with Gasteiger partial charge in [0.25, 0.3) is 0 Å². The van der Waals surface area contributed by atoms with E-state index in [1.165, 1.54) is 11.4 Å². The van der Waals surface area contributed by atoms with E-state index in [2.05, 4.69) is 13.8 Å². The van der Waals surface area contributed by atoms with Gasteiger partial charge in [0.15, 0.2) is 0 Å². The number of halogens is 4. The van der Waals surface area contributed by atoms with E-state index in [1.54, 1.807) is 12.1 Å². The maximum absolute atomic E-state index is 14.6. The predicted octanol–water partition coefficient (Wildman–Crippen LogP) is 6.21. The van der Waals surface area contributed by atoms with Crippen molar-refractivity contribution in [2.75, 3.05) is 5.32 Å². The van der Waals surface area contributed by atoms with E-state index in [0.29, 0.717) is 11.1 Å². The molecule has 0 heterocycles. The summed E-state index contributed by atoms with van der Waals surface area (Å²) < 4.78 is 52.6. The van der Waals surface area contributed by atoms with Crippen LogP contribution in [0.3, 0.4) is 0 Å². The molecule has 0 aliphatic heterocycles.